The molecular formula is C12H12BrN3O3. The van der Waals surface area contributed by atoms with E-state index in [1.54, 1.807) is 24.4 Å². The standard InChI is InChI=1S/C12H12BrN3O3/c1-18-4-5-19-12(17)9(7-14)8-16-10-2-3-15-11(13)6-10/h2-3,6,8H,4-5H2,1H3,(H,15,16)/b9-8+. The molecule has 6 nitrogen and oxygen atoms in total. The highest BCUT2D eigenvalue weighted by molar-refractivity contribution is 9.10. The Morgan fingerprint density at radius 2 is 2.42 bits per heavy atom. The molecule has 1 N–H and O–H groups in total. The number of nitrogens with one attached hydrogen (secondary N) is 1. The first kappa shape index (κ1) is 15.1. The molecule has 0 aliphatic rings. The van der Waals surface area contributed by atoms with Gasteiger partial charge in [-0.3, -0.25) is 0 Å². The largest absolute Gasteiger partial charge is 0.459 e. The maximum atomic E-state index is 11.5. The van der Waals surface area contributed by atoms with E-state index in [2.05, 4.69) is 26.2 Å². The number of nitrogens with zero attached hydrogens (tertiary/aromatic N) is 2. The Kier molecular flexibility index (Phi) is 6.57. The van der Waals surface area contributed by atoms with Gasteiger partial charge in [0.25, 0.3) is 0 Å². The number of rotatable bonds is 6. The van der Waals surface area contributed by atoms with Gasteiger partial charge in [-0.2, -0.15) is 5.26 Å². The molecule has 0 aliphatic carbocycles. The van der Waals surface area contributed by atoms with E-state index in [-0.39, 0.29) is 18.8 Å². The molecule has 0 radical (unpaired) electrons. The van der Waals surface area contributed by atoms with Crippen LogP contribution in [0.25, 0.3) is 0 Å². The van der Waals surface area contributed by atoms with Gasteiger partial charge in [0, 0.05) is 25.2 Å². The maximum Gasteiger partial charge on any atom is 0.350 e. The summed E-state index contributed by atoms with van der Waals surface area (Å²) in [4.78, 5) is 15.5. The smallest absolute Gasteiger partial charge is 0.350 e. The van der Waals surface area contributed by atoms with E-state index in [1.807, 2.05) is 0 Å². The van der Waals surface area contributed by atoms with Crippen LogP contribution >= 0.6 is 15.9 Å². The van der Waals surface area contributed by atoms with Crippen LogP contribution in [0.4, 0.5) is 5.69 Å². The lowest BCUT2D eigenvalue weighted by molar-refractivity contribution is -0.139. The summed E-state index contributed by atoms with van der Waals surface area (Å²) >= 11 is 3.21. The molecule has 19 heavy (non-hydrogen) atoms. The SMILES string of the molecule is COCCOC(=O)/C(C#N)=C/Nc1ccnc(Br)c1. The second-order valence-electron chi connectivity index (χ2n) is 3.31. The lowest BCUT2D eigenvalue weighted by Gasteiger charge is -2.04. The van der Waals surface area contributed by atoms with Gasteiger partial charge in [-0.1, -0.05) is 0 Å². The lowest BCUT2D eigenvalue weighted by Crippen LogP contribution is -2.12. The number of pyridine rings is 1. The molecule has 0 aliphatic heterocycles. The first-order valence-corrected chi connectivity index (χ1v) is 6.11. The van der Waals surface area contributed by atoms with Gasteiger partial charge in [-0.25, -0.2) is 9.78 Å². The summed E-state index contributed by atoms with van der Waals surface area (Å²) in [5, 5.41) is 11.7. The highest BCUT2D eigenvalue weighted by Crippen LogP contribution is 2.13. The summed E-state index contributed by atoms with van der Waals surface area (Å²) < 4.78 is 10.2. The van der Waals surface area contributed by atoms with E-state index >= 15 is 0 Å². The van der Waals surface area contributed by atoms with Crippen LogP contribution in [0.15, 0.2) is 34.7 Å². The lowest BCUT2D eigenvalue weighted by atomic mass is 10.3. The van der Waals surface area contributed by atoms with Crippen LogP contribution in [0, 0.1) is 11.3 Å². The monoisotopic (exact) mass is 325 g/mol. The van der Waals surface area contributed by atoms with Crippen molar-refractivity contribution in [1.29, 1.82) is 5.26 Å². The summed E-state index contributed by atoms with van der Waals surface area (Å²) in [7, 11) is 1.50. The van der Waals surface area contributed by atoms with Crippen molar-refractivity contribution in [2.75, 3.05) is 25.6 Å². The van der Waals surface area contributed by atoms with Crippen LogP contribution < -0.4 is 5.32 Å². The fraction of sp³-hybridized carbons (Fsp3) is 0.250. The molecule has 0 saturated heterocycles. The number of hydrogen-bond acceptors (Lipinski definition) is 6. The van der Waals surface area contributed by atoms with E-state index < -0.39 is 5.97 Å². The summed E-state index contributed by atoms with van der Waals surface area (Å²) in [6.07, 6.45) is 2.88. The summed E-state index contributed by atoms with van der Waals surface area (Å²) in [6.45, 7) is 0.393. The molecule has 1 aromatic rings. The summed E-state index contributed by atoms with van der Waals surface area (Å²) in [5.41, 5.74) is 0.573. The van der Waals surface area contributed by atoms with E-state index in [1.165, 1.54) is 13.3 Å². The maximum absolute atomic E-state index is 11.5. The van der Waals surface area contributed by atoms with Crippen LogP contribution in [-0.2, 0) is 14.3 Å². The van der Waals surface area contributed by atoms with Crippen molar-refractivity contribution >= 4 is 27.6 Å². The average Bonchev–Trinajstić information content (AvgIpc) is 2.40. The molecule has 0 spiro atoms. The normalized spacial score (nSPS) is 10.7. The van der Waals surface area contributed by atoms with Crippen molar-refractivity contribution in [1.82, 2.24) is 4.98 Å². The molecule has 0 atom stereocenters. The van der Waals surface area contributed by atoms with Gasteiger partial charge in [0.1, 0.15) is 17.3 Å². The van der Waals surface area contributed by atoms with Gasteiger partial charge >= 0.3 is 5.97 Å². The minimum absolute atomic E-state index is 0.106. The zero-order valence-electron chi connectivity index (χ0n) is 10.2. The van der Waals surface area contributed by atoms with Crippen molar-refractivity contribution in [3.8, 4) is 6.07 Å². The van der Waals surface area contributed by atoms with Gasteiger partial charge in [-0.15, -0.1) is 0 Å². The number of hydrogen-bond donors (Lipinski definition) is 1. The molecular weight excluding hydrogens is 314 g/mol. The Morgan fingerprint density at radius 3 is 3.05 bits per heavy atom. The Morgan fingerprint density at radius 1 is 1.63 bits per heavy atom. The van der Waals surface area contributed by atoms with Crippen molar-refractivity contribution in [3.05, 3.63) is 34.7 Å². The van der Waals surface area contributed by atoms with Crippen LogP contribution in [-0.4, -0.2) is 31.3 Å². The predicted octanol–water partition coefficient (Wildman–Crippen LogP) is 1.85. The number of aromatic nitrogens is 1. The molecule has 0 saturated carbocycles. The van der Waals surface area contributed by atoms with Gasteiger partial charge < -0.3 is 14.8 Å². The third-order valence-electron chi connectivity index (χ3n) is 1.97. The number of ether oxygens (including phenoxy) is 2. The molecule has 1 rings (SSSR count). The molecule has 1 heterocycles. The van der Waals surface area contributed by atoms with Crippen LogP contribution in [0.2, 0.25) is 0 Å². The fourth-order valence-electron chi connectivity index (χ4n) is 1.08. The minimum atomic E-state index is -0.694. The van der Waals surface area contributed by atoms with E-state index in [0.29, 0.717) is 10.3 Å². The Bertz CT molecular complexity index is 511. The third-order valence-corrected chi connectivity index (χ3v) is 2.40. The number of methoxy groups -OCH3 is 1. The van der Waals surface area contributed by atoms with Crippen molar-refractivity contribution in [2.24, 2.45) is 0 Å². The molecule has 0 bridgehead atoms. The first-order valence-electron chi connectivity index (χ1n) is 5.31. The van der Waals surface area contributed by atoms with Gasteiger partial charge in [-0.05, 0) is 28.1 Å². The van der Waals surface area contributed by atoms with Crippen molar-refractivity contribution in [2.45, 2.75) is 0 Å². The molecule has 100 valence electrons. The van der Waals surface area contributed by atoms with Gasteiger partial charge in [0.15, 0.2) is 5.57 Å². The van der Waals surface area contributed by atoms with Crippen molar-refractivity contribution < 1.29 is 14.3 Å². The van der Waals surface area contributed by atoms with Crippen LogP contribution in [0.3, 0.4) is 0 Å². The molecule has 0 aromatic carbocycles. The third kappa shape index (κ3) is 5.50. The second kappa shape index (κ2) is 8.24. The zero-order chi connectivity index (χ0) is 14.1. The number of halogens is 1. The fourth-order valence-corrected chi connectivity index (χ4v) is 1.44. The zero-order valence-corrected chi connectivity index (χ0v) is 11.8. The topological polar surface area (TPSA) is 84.2 Å². The summed E-state index contributed by atoms with van der Waals surface area (Å²) in [5.74, 6) is -0.694. The van der Waals surface area contributed by atoms with Crippen molar-refractivity contribution in [3.63, 3.8) is 0 Å². The van der Waals surface area contributed by atoms with E-state index in [4.69, 9.17) is 14.7 Å². The van der Waals surface area contributed by atoms with Gasteiger partial charge in [0.05, 0.1) is 6.61 Å². The Balaban J connectivity index is 2.62. The van der Waals surface area contributed by atoms with E-state index in [0.717, 1.165) is 0 Å². The molecule has 0 unspecified atom stereocenters. The number of nitriles is 1. The summed E-state index contributed by atoms with van der Waals surface area (Å²) in [6, 6.07) is 5.18. The number of esters is 1. The van der Waals surface area contributed by atoms with Gasteiger partial charge in [0.2, 0.25) is 0 Å². The number of anilines is 1. The quantitative estimate of drug-likeness (QED) is 0.282. The Hall–Kier alpha value is -1.91. The average molecular weight is 326 g/mol. The molecule has 7 heteroatoms. The van der Waals surface area contributed by atoms with Crippen LogP contribution in [0.1, 0.15) is 0 Å². The van der Waals surface area contributed by atoms with E-state index in [9.17, 15) is 4.79 Å². The number of carbonyl (C=O) groups is 1. The number of carbonyl (C=O) groups excluding carboxylic acids is 1. The first-order chi connectivity index (χ1) is 9.17. The molecule has 0 fully saturated rings. The molecule has 0 amide bonds. The predicted molar refractivity (Wildman–Crippen MR) is 72.1 cm³/mol. The minimum Gasteiger partial charge on any atom is -0.459 e. The second-order valence-corrected chi connectivity index (χ2v) is 4.12. The highest BCUT2D eigenvalue weighted by Gasteiger charge is 2.10. The Labute approximate surface area is 119 Å². The highest BCUT2D eigenvalue weighted by atomic mass is 79.9. The van der Waals surface area contributed by atoms with Crippen LogP contribution in [0.5, 0.6) is 0 Å². The molecule has 1 aromatic heterocycles.